The van der Waals surface area contributed by atoms with Crippen molar-refractivity contribution in [3.05, 3.63) is 36.5 Å². The Labute approximate surface area is 506 Å². The maximum absolute atomic E-state index is 12.9. The molecule has 0 rings (SSSR count). The standard InChI is InChI=1S/C75H140O6/c1-4-7-10-13-16-19-22-24-26-28-30-32-34-35-36-37-38-39-41-42-44-46-48-50-53-56-59-62-65-68-74(77)80-71-72(70-79-73(76)67-64-61-58-55-52-21-18-15-12-9-6-3)81-75(78)69-66-63-60-57-54-51-49-47-45-43-40-33-31-29-27-25-23-20-17-14-11-8-5-2/h22,24,28-31,72H,4-21,23,25-27,32-71H2,1-3H3/b24-22-,30-28-,31-29-. The summed E-state index contributed by atoms with van der Waals surface area (Å²) in [5.74, 6) is -0.838. The first kappa shape index (κ1) is 78.6. The van der Waals surface area contributed by atoms with Gasteiger partial charge in [0.05, 0.1) is 0 Å². The minimum atomic E-state index is -0.769. The number of ether oxygens (including phenoxy) is 3. The molecule has 81 heavy (non-hydrogen) atoms. The third-order valence-corrected chi connectivity index (χ3v) is 16.6. The first-order valence-corrected chi connectivity index (χ1v) is 36.5. The van der Waals surface area contributed by atoms with Crippen molar-refractivity contribution >= 4 is 17.9 Å². The van der Waals surface area contributed by atoms with Gasteiger partial charge in [0.2, 0.25) is 0 Å². The van der Waals surface area contributed by atoms with Crippen molar-refractivity contribution in [2.75, 3.05) is 13.2 Å². The van der Waals surface area contributed by atoms with Crippen LogP contribution in [-0.2, 0) is 28.6 Å². The minimum absolute atomic E-state index is 0.0663. The van der Waals surface area contributed by atoms with E-state index in [9.17, 15) is 14.4 Å². The first-order valence-electron chi connectivity index (χ1n) is 36.5. The zero-order valence-electron chi connectivity index (χ0n) is 54.8. The van der Waals surface area contributed by atoms with Gasteiger partial charge in [-0.25, -0.2) is 0 Å². The number of rotatable bonds is 68. The van der Waals surface area contributed by atoms with E-state index in [1.54, 1.807) is 0 Å². The van der Waals surface area contributed by atoms with Gasteiger partial charge in [0, 0.05) is 19.3 Å². The zero-order valence-corrected chi connectivity index (χ0v) is 54.8. The SMILES string of the molecule is CCCCCCC/C=C\C/C=C\CCCCCCCCCCCCCCCCCCCC(=O)OCC(COC(=O)CCCCCCCCCCCCC)OC(=O)CCCCCCCCCCCCC/C=C\CCCCCCCCCC. The number of hydrogen-bond donors (Lipinski definition) is 0. The monoisotopic (exact) mass is 1140 g/mol. The molecule has 0 aromatic rings. The van der Waals surface area contributed by atoms with E-state index in [1.165, 1.54) is 302 Å². The predicted molar refractivity (Wildman–Crippen MR) is 353 cm³/mol. The largest absolute Gasteiger partial charge is 0.462 e. The molecule has 0 aliphatic rings. The third-order valence-electron chi connectivity index (χ3n) is 16.6. The van der Waals surface area contributed by atoms with Crippen LogP contribution in [0, 0.1) is 0 Å². The highest BCUT2D eigenvalue weighted by atomic mass is 16.6. The van der Waals surface area contributed by atoms with Gasteiger partial charge in [-0.15, -0.1) is 0 Å². The number of allylic oxidation sites excluding steroid dienone is 6. The quantitative estimate of drug-likeness (QED) is 0.0261. The van der Waals surface area contributed by atoms with Gasteiger partial charge < -0.3 is 14.2 Å². The van der Waals surface area contributed by atoms with E-state index in [2.05, 4.69) is 57.2 Å². The van der Waals surface area contributed by atoms with Crippen LogP contribution in [0.5, 0.6) is 0 Å². The Morgan fingerprint density at radius 3 is 0.691 bits per heavy atom. The van der Waals surface area contributed by atoms with Gasteiger partial charge in [0.25, 0.3) is 0 Å². The highest BCUT2D eigenvalue weighted by Gasteiger charge is 2.19. The molecule has 0 amide bonds. The van der Waals surface area contributed by atoms with Gasteiger partial charge in [-0.2, -0.15) is 0 Å². The second-order valence-electron chi connectivity index (χ2n) is 24.9. The van der Waals surface area contributed by atoms with E-state index in [4.69, 9.17) is 14.2 Å². The molecule has 6 nitrogen and oxygen atoms in total. The van der Waals surface area contributed by atoms with Gasteiger partial charge >= 0.3 is 17.9 Å². The second kappa shape index (κ2) is 70.1. The highest BCUT2D eigenvalue weighted by molar-refractivity contribution is 5.71. The van der Waals surface area contributed by atoms with Crippen molar-refractivity contribution in [3.8, 4) is 0 Å². The van der Waals surface area contributed by atoms with E-state index in [0.29, 0.717) is 19.3 Å². The molecule has 0 fully saturated rings. The van der Waals surface area contributed by atoms with Crippen LogP contribution in [0.3, 0.4) is 0 Å². The summed E-state index contributed by atoms with van der Waals surface area (Å²) >= 11 is 0. The van der Waals surface area contributed by atoms with Crippen molar-refractivity contribution < 1.29 is 28.6 Å². The lowest BCUT2D eigenvalue weighted by Gasteiger charge is -2.18. The molecular weight excluding hydrogens is 997 g/mol. The topological polar surface area (TPSA) is 78.9 Å². The molecule has 0 saturated carbocycles. The molecule has 6 heteroatoms. The van der Waals surface area contributed by atoms with E-state index in [0.717, 1.165) is 64.2 Å². The molecule has 0 N–H and O–H groups in total. The number of carbonyl (C=O) groups is 3. The van der Waals surface area contributed by atoms with Gasteiger partial charge in [0.1, 0.15) is 13.2 Å². The van der Waals surface area contributed by atoms with Crippen LogP contribution >= 0.6 is 0 Å². The van der Waals surface area contributed by atoms with Crippen LogP contribution in [0.2, 0.25) is 0 Å². The Morgan fingerprint density at radius 2 is 0.444 bits per heavy atom. The fourth-order valence-electron chi connectivity index (χ4n) is 11.1. The number of hydrogen-bond acceptors (Lipinski definition) is 6. The highest BCUT2D eigenvalue weighted by Crippen LogP contribution is 2.19. The summed E-state index contributed by atoms with van der Waals surface area (Å²) < 4.78 is 17.0. The van der Waals surface area contributed by atoms with Crippen molar-refractivity contribution in [1.29, 1.82) is 0 Å². The predicted octanol–water partition coefficient (Wildman–Crippen LogP) is 25.1. The Bertz CT molecular complexity index is 1350. The van der Waals surface area contributed by atoms with Gasteiger partial charge in [-0.05, 0) is 77.0 Å². The van der Waals surface area contributed by atoms with Crippen molar-refractivity contribution in [3.63, 3.8) is 0 Å². The van der Waals surface area contributed by atoms with Crippen LogP contribution in [0.1, 0.15) is 406 Å². The van der Waals surface area contributed by atoms with Crippen LogP contribution in [-0.4, -0.2) is 37.2 Å². The maximum Gasteiger partial charge on any atom is 0.306 e. The van der Waals surface area contributed by atoms with Crippen LogP contribution in [0.4, 0.5) is 0 Å². The summed E-state index contributed by atoms with van der Waals surface area (Å²) in [5.41, 5.74) is 0. The Morgan fingerprint density at radius 1 is 0.247 bits per heavy atom. The molecule has 0 heterocycles. The summed E-state index contributed by atoms with van der Waals surface area (Å²) in [5, 5.41) is 0. The fraction of sp³-hybridized carbons (Fsp3) is 0.880. The molecule has 0 aliphatic carbocycles. The van der Waals surface area contributed by atoms with Gasteiger partial charge in [-0.3, -0.25) is 14.4 Å². The van der Waals surface area contributed by atoms with E-state index >= 15 is 0 Å². The summed E-state index contributed by atoms with van der Waals surface area (Å²) in [6.45, 7) is 6.70. The van der Waals surface area contributed by atoms with Gasteiger partial charge in [-0.1, -0.05) is 346 Å². The first-order chi connectivity index (χ1) is 40.0. The summed E-state index contributed by atoms with van der Waals surface area (Å²) in [6.07, 6.45) is 87.6. The summed E-state index contributed by atoms with van der Waals surface area (Å²) in [4.78, 5) is 38.4. The summed E-state index contributed by atoms with van der Waals surface area (Å²) in [6, 6.07) is 0. The van der Waals surface area contributed by atoms with Crippen LogP contribution < -0.4 is 0 Å². The van der Waals surface area contributed by atoms with Crippen molar-refractivity contribution in [2.45, 2.75) is 412 Å². The number of esters is 3. The van der Waals surface area contributed by atoms with Crippen molar-refractivity contribution in [2.24, 2.45) is 0 Å². The van der Waals surface area contributed by atoms with E-state index in [1.807, 2.05) is 0 Å². The Kier molecular flexibility index (Phi) is 68.1. The Hall–Kier alpha value is -2.37. The molecule has 0 aromatic carbocycles. The lowest BCUT2D eigenvalue weighted by Crippen LogP contribution is -2.30. The number of carbonyl (C=O) groups excluding carboxylic acids is 3. The van der Waals surface area contributed by atoms with E-state index < -0.39 is 6.10 Å². The smallest absolute Gasteiger partial charge is 0.306 e. The van der Waals surface area contributed by atoms with Crippen LogP contribution in [0.25, 0.3) is 0 Å². The molecule has 0 aromatic heterocycles. The molecule has 0 radical (unpaired) electrons. The fourth-order valence-corrected chi connectivity index (χ4v) is 11.1. The molecule has 1 unspecified atom stereocenters. The van der Waals surface area contributed by atoms with Crippen LogP contribution in [0.15, 0.2) is 36.5 Å². The molecule has 0 aliphatic heterocycles. The third kappa shape index (κ3) is 68.3. The lowest BCUT2D eigenvalue weighted by molar-refractivity contribution is -0.167. The lowest BCUT2D eigenvalue weighted by atomic mass is 10.0. The maximum atomic E-state index is 12.9. The van der Waals surface area contributed by atoms with Crippen molar-refractivity contribution in [1.82, 2.24) is 0 Å². The normalized spacial score (nSPS) is 12.2. The molecule has 476 valence electrons. The van der Waals surface area contributed by atoms with Gasteiger partial charge in [0.15, 0.2) is 6.10 Å². The Balaban J connectivity index is 4.15. The average molecular weight is 1140 g/mol. The molecule has 0 spiro atoms. The average Bonchev–Trinajstić information content (AvgIpc) is 3.47. The zero-order chi connectivity index (χ0) is 58.5. The molecule has 1 atom stereocenters. The second-order valence-corrected chi connectivity index (χ2v) is 24.9. The molecular formula is C75H140O6. The van der Waals surface area contributed by atoms with E-state index in [-0.39, 0.29) is 31.1 Å². The summed E-state index contributed by atoms with van der Waals surface area (Å²) in [7, 11) is 0. The molecule has 0 saturated heterocycles. The minimum Gasteiger partial charge on any atom is -0.462 e. The molecule has 0 bridgehead atoms. The number of unbranched alkanes of at least 4 members (excludes halogenated alkanes) is 51.